The first-order valence-electron chi connectivity index (χ1n) is 15.8. The summed E-state index contributed by atoms with van der Waals surface area (Å²) >= 11 is 0. The van der Waals surface area contributed by atoms with Gasteiger partial charge in [-0.1, -0.05) is 38.7 Å². The number of unbranched alkanes of at least 4 members (excludes halogenated alkanes) is 5. The summed E-state index contributed by atoms with van der Waals surface area (Å²) in [6.07, 6.45) is 12.2. The Morgan fingerprint density at radius 1 is 0.878 bits per heavy atom. The highest BCUT2D eigenvalue weighted by Crippen LogP contribution is 2.44. The van der Waals surface area contributed by atoms with Crippen molar-refractivity contribution in [3.63, 3.8) is 0 Å². The van der Waals surface area contributed by atoms with E-state index in [9.17, 15) is 14.8 Å². The van der Waals surface area contributed by atoms with E-state index in [1.807, 2.05) is 0 Å². The highest BCUT2D eigenvalue weighted by atomic mass is 16.6. The predicted molar refractivity (Wildman–Crippen MR) is 164 cm³/mol. The van der Waals surface area contributed by atoms with Crippen molar-refractivity contribution in [1.82, 2.24) is 5.32 Å². The van der Waals surface area contributed by atoms with Gasteiger partial charge in [0.2, 0.25) is 0 Å². The Balaban J connectivity index is 0.000000290. The number of carboxylic acids is 1. The van der Waals surface area contributed by atoms with Crippen molar-refractivity contribution in [2.24, 2.45) is 0 Å². The van der Waals surface area contributed by atoms with Crippen molar-refractivity contribution in [1.29, 1.82) is 0 Å². The van der Waals surface area contributed by atoms with Gasteiger partial charge in [0.1, 0.15) is 23.7 Å². The number of carboxylic acid groups (broad SMARTS) is 1. The lowest BCUT2D eigenvalue weighted by molar-refractivity contribution is -1.19. The molecule has 1 aromatic rings. The van der Waals surface area contributed by atoms with Crippen LogP contribution in [0.15, 0.2) is 24.3 Å². The Kier molecular flexibility index (Phi) is 12.0. The first-order chi connectivity index (χ1) is 18.8. The van der Waals surface area contributed by atoms with E-state index in [1.165, 1.54) is 50.7 Å². The molecule has 0 atom stereocenters. The van der Waals surface area contributed by atoms with Gasteiger partial charge in [-0.3, -0.25) is 0 Å². The molecular weight excluding hydrogens is 516 g/mol. The number of carbonyl (C=O) groups is 2. The normalized spacial score (nSPS) is 22.2. The molecule has 0 amide bonds. The number of rotatable bonds is 10. The van der Waals surface area contributed by atoms with Gasteiger partial charge in [-0.15, -0.1) is 4.65 Å². The molecule has 1 radical (unpaired) electrons. The predicted octanol–water partition coefficient (Wildman–Crippen LogP) is 8.10. The molecule has 1 aromatic carbocycles. The lowest BCUT2D eigenvalue weighted by Gasteiger charge is -2.53. The summed E-state index contributed by atoms with van der Waals surface area (Å²) in [4.78, 5) is 23.2. The first kappa shape index (κ1) is 35.2. The lowest BCUT2D eigenvalue weighted by atomic mass is 9.78. The molecule has 41 heavy (non-hydrogen) atoms. The number of nitrogens with one attached hydrogen (secondary N) is 1. The number of benzene rings is 1. The van der Waals surface area contributed by atoms with Crippen LogP contribution in [0.1, 0.15) is 154 Å². The van der Waals surface area contributed by atoms with Crippen molar-refractivity contribution >= 4 is 11.9 Å². The second kappa shape index (κ2) is 14.0. The second-order valence-electron chi connectivity index (χ2n) is 14.9. The van der Waals surface area contributed by atoms with Crippen LogP contribution in [-0.4, -0.2) is 56.5 Å². The fourth-order valence-electron chi connectivity index (χ4n) is 7.16. The van der Waals surface area contributed by atoms with Gasteiger partial charge in [-0.2, -0.15) is 0 Å². The summed E-state index contributed by atoms with van der Waals surface area (Å²) in [6.45, 7) is 20.1. The number of hydroxylamine groups is 3. The molecular formula is C34H58N2O5+. The van der Waals surface area contributed by atoms with Crippen LogP contribution in [0.4, 0.5) is 0 Å². The molecule has 2 saturated heterocycles. The highest BCUT2D eigenvalue weighted by Gasteiger charge is 2.58. The van der Waals surface area contributed by atoms with Crippen LogP contribution >= 0.6 is 0 Å². The van der Waals surface area contributed by atoms with Gasteiger partial charge in [0.25, 0.3) is 0 Å². The molecule has 0 saturated carbocycles. The maximum Gasteiger partial charge on any atom is 0.338 e. The number of quaternary nitrogens is 1. The van der Waals surface area contributed by atoms with Gasteiger partial charge in [0.05, 0.1) is 11.1 Å². The third-order valence-electron chi connectivity index (χ3n) is 9.13. The van der Waals surface area contributed by atoms with E-state index < -0.39 is 11.9 Å². The maximum absolute atomic E-state index is 13.5. The zero-order chi connectivity index (χ0) is 31.1. The number of aromatic carboxylic acids is 1. The minimum atomic E-state index is -1.06. The molecule has 7 nitrogen and oxygen atoms in total. The van der Waals surface area contributed by atoms with Gasteiger partial charge < -0.3 is 15.2 Å². The molecule has 2 fully saturated rings. The fourth-order valence-corrected chi connectivity index (χ4v) is 7.16. The number of nitrogens with zero attached hydrogens (tertiary/aromatic N) is 1. The molecule has 2 heterocycles. The zero-order valence-electron chi connectivity index (χ0n) is 27.4. The number of piperidine rings is 2. The number of hydrogen-bond donors (Lipinski definition) is 2. The van der Waals surface area contributed by atoms with Crippen molar-refractivity contribution in [2.75, 3.05) is 6.54 Å². The third-order valence-corrected chi connectivity index (χ3v) is 9.13. The Morgan fingerprint density at radius 2 is 1.39 bits per heavy atom. The fraction of sp³-hybridized carbons (Fsp3) is 0.765. The Bertz CT molecular complexity index is 982. The smallest absolute Gasteiger partial charge is 0.338 e. The van der Waals surface area contributed by atoms with Crippen molar-refractivity contribution < 1.29 is 29.3 Å². The van der Waals surface area contributed by atoms with Crippen LogP contribution in [0.25, 0.3) is 0 Å². The number of ether oxygens (including phenoxy) is 1. The van der Waals surface area contributed by atoms with Crippen LogP contribution in [0.2, 0.25) is 0 Å². The second-order valence-corrected chi connectivity index (χ2v) is 14.9. The van der Waals surface area contributed by atoms with Crippen LogP contribution in [0.3, 0.4) is 0 Å². The van der Waals surface area contributed by atoms with Gasteiger partial charge >= 0.3 is 11.9 Å². The average molecular weight is 575 g/mol. The molecule has 0 bridgehead atoms. The molecule has 0 aliphatic carbocycles. The molecule has 233 valence electrons. The van der Waals surface area contributed by atoms with Crippen molar-refractivity contribution in [2.45, 2.75) is 161 Å². The molecule has 2 aliphatic rings. The molecule has 0 spiro atoms. The Labute approximate surface area is 249 Å². The number of likely N-dealkylation sites (tertiary alicyclic amines) is 1. The van der Waals surface area contributed by atoms with E-state index in [1.54, 1.807) is 12.1 Å². The van der Waals surface area contributed by atoms with E-state index in [4.69, 9.17) is 9.84 Å². The van der Waals surface area contributed by atoms with Crippen molar-refractivity contribution in [3.8, 4) is 0 Å². The summed E-state index contributed by atoms with van der Waals surface area (Å²) in [6, 6.07) is 5.93. The molecule has 0 aromatic heterocycles. The highest BCUT2D eigenvalue weighted by molar-refractivity contribution is 5.94. The lowest BCUT2D eigenvalue weighted by Crippen LogP contribution is -2.70. The van der Waals surface area contributed by atoms with E-state index >= 15 is 0 Å². The summed E-state index contributed by atoms with van der Waals surface area (Å²) < 4.78 is 5.63. The van der Waals surface area contributed by atoms with E-state index in [0.717, 1.165) is 38.6 Å². The van der Waals surface area contributed by atoms with Crippen LogP contribution < -0.4 is 5.32 Å². The summed E-state index contributed by atoms with van der Waals surface area (Å²) in [5.41, 5.74) is -0.0869. The van der Waals surface area contributed by atoms with Gasteiger partial charge in [0.15, 0.2) is 0 Å². The Morgan fingerprint density at radius 3 is 1.93 bits per heavy atom. The number of esters is 1. The minimum absolute atomic E-state index is 0.0216. The Hall–Kier alpha value is -1.96. The zero-order valence-corrected chi connectivity index (χ0v) is 27.4. The first-order valence-corrected chi connectivity index (χ1v) is 15.8. The van der Waals surface area contributed by atoms with Gasteiger partial charge in [-0.05, 0) is 92.9 Å². The molecule has 0 unspecified atom stereocenters. The molecule has 2 aliphatic heterocycles. The largest absolute Gasteiger partial charge is 0.478 e. The van der Waals surface area contributed by atoms with E-state index in [-0.39, 0.29) is 44.0 Å². The quantitative estimate of drug-likeness (QED) is 0.167. The molecule has 7 heteroatoms. The van der Waals surface area contributed by atoms with Crippen molar-refractivity contribution in [3.05, 3.63) is 35.4 Å². The standard InChI is InChI=1S/C17H23NO4.C17H35NO/c1-16(2)9-13(10-17(3,4)18-16)22-15(21)12-7-5-6-11(8-12)14(19)20;1-6-7-8-9-10-11-15-18(19)16(2,3)13-12-14-17(18,4)5/h5-8,13,18H,9-10H2,1-4H3,(H,19,20);6-15H2,1-5H3/q;+1. The monoisotopic (exact) mass is 574 g/mol. The van der Waals surface area contributed by atoms with E-state index in [2.05, 4.69) is 67.6 Å². The van der Waals surface area contributed by atoms with Crippen LogP contribution in [0, 0.1) is 0 Å². The average Bonchev–Trinajstić information content (AvgIpc) is 2.83. The SMILES string of the molecule is CC1(C)CC(OC(=O)c2cccc(C(=O)O)c2)CC(C)(C)N1.CCCCCCCC[N+]1([O])C(C)(C)CCCC1(C)C. The number of carbonyl (C=O) groups excluding carboxylic acids is 1. The summed E-state index contributed by atoms with van der Waals surface area (Å²) in [5, 5.41) is 26.0. The number of hydrogen-bond acceptors (Lipinski definition) is 4. The maximum atomic E-state index is 13.5. The third kappa shape index (κ3) is 9.79. The summed E-state index contributed by atoms with van der Waals surface area (Å²) in [7, 11) is 0. The summed E-state index contributed by atoms with van der Waals surface area (Å²) in [5.74, 6) is -1.53. The topological polar surface area (TPSA) is 95.5 Å². The van der Waals surface area contributed by atoms with Gasteiger partial charge in [-0.25, -0.2) is 9.59 Å². The minimum Gasteiger partial charge on any atom is -0.478 e. The van der Waals surface area contributed by atoms with Gasteiger partial charge in [0, 0.05) is 42.0 Å². The van der Waals surface area contributed by atoms with E-state index in [0.29, 0.717) is 0 Å². The van der Waals surface area contributed by atoms with Crippen LogP contribution in [0.5, 0.6) is 0 Å². The molecule has 2 N–H and O–H groups in total. The molecule has 3 rings (SSSR count). The van der Waals surface area contributed by atoms with Crippen LogP contribution in [-0.2, 0) is 9.94 Å².